The van der Waals surface area contributed by atoms with Crippen LogP contribution in [0.1, 0.15) is 30.1 Å². The van der Waals surface area contributed by atoms with Crippen molar-refractivity contribution in [3.63, 3.8) is 0 Å². The zero-order valence-electron chi connectivity index (χ0n) is 21.2. The van der Waals surface area contributed by atoms with Gasteiger partial charge in [-0.25, -0.2) is 14.5 Å². The second kappa shape index (κ2) is 10.7. The molecule has 0 spiro atoms. The molecule has 0 N–H and O–H groups in total. The molecule has 2 atom stereocenters. The molecule has 1 aromatic carbocycles. The largest absolute Gasteiger partial charge is 0.573 e. The van der Waals surface area contributed by atoms with Crippen LogP contribution in [0.15, 0.2) is 30.3 Å². The number of halogens is 6. The Morgan fingerprint density at radius 3 is 2.12 bits per heavy atom. The second-order valence-electron chi connectivity index (χ2n) is 10.1. The van der Waals surface area contributed by atoms with Gasteiger partial charge in [-0.2, -0.15) is 13.2 Å². The molecule has 2 unspecified atom stereocenters. The van der Waals surface area contributed by atoms with Crippen molar-refractivity contribution < 1.29 is 40.7 Å². The highest BCUT2D eigenvalue weighted by atomic mass is 19.4. The van der Waals surface area contributed by atoms with Crippen molar-refractivity contribution in [1.82, 2.24) is 29.5 Å². The minimum Gasteiger partial charge on any atom is -0.406 e. The monoisotopic (exact) mass is 572 g/mol. The summed E-state index contributed by atoms with van der Waals surface area (Å²) >= 11 is 0. The van der Waals surface area contributed by atoms with E-state index in [-0.39, 0.29) is 55.0 Å². The number of carbonyl (C=O) groups excluding carboxylic acids is 2. The van der Waals surface area contributed by atoms with Crippen LogP contribution in [0.25, 0.3) is 6.08 Å². The fraction of sp³-hybridized carbons (Fsp3) is 0.520. The standard InChI is InChI=1S/C25H26F6N6O3/c26-24(27,28)22-32-20-15-35(11-12-37(20)33-22)23(39)36-13-17-7-9-34(10-8-18(17)14-36)21(38)6-3-16-1-4-19(5-2-16)40-25(29,30)31/h1-6,17-18H,7-15H2. The summed E-state index contributed by atoms with van der Waals surface area (Å²) in [5.41, 5.74) is 0.550. The summed E-state index contributed by atoms with van der Waals surface area (Å²) in [7, 11) is 0. The van der Waals surface area contributed by atoms with E-state index in [0.29, 0.717) is 44.6 Å². The average Bonchev–Trinajstić information content (AvgIpc) is 3.46. The number of fused-ring (bicyclic) bond motifs is 2. The molecule has 0 saturated carbocycles. The third-order valence-corrected chi connectivity index (χ3v) is 7.42. The highest BCUT2D eigenvalue weighted by Crippen LogP contribution is 2.33. The second-order valence-corrected chi connectivity index (χ2v) is 10.1. The molecule has 15 heteroatoms. The quantitative estimate of drug-likeness (QED) is 0.410. The Hall–Kier alpha value is -3.78. The van der Waals surface area contributed by atoms with E-state index in [1.165, 1.54) is 46.0 Å². The van der Waals surface area contributed by atoms with Gasteiger partial charge < -0.3 is 19.4 Å². The van der Waals surface area contributed by atoms with Crippen molar-refractivity contribution in [2.45, 2.75) is 38.5 Å². The van der Waals surface area contributed by atoms with E-state index in [0.717, 1.165) is 0 Å². The van der Waals surface area contributed by atoms with Crippen LogP contribution in [0.3, 0.4) is 0 Å². The number of hydrogen-bond donors (Lipinski definition) is 0. The number of aromatic nitrogens is 3. The lowest BCUT2D eigenvalue weighted by Gasteiger charge is -2.31. The normalized spacial score (nSPS) is 21.8. The van der Waals surface area contributed by atoms with E-state index >= 15 is 0 Å². The minimum absolute atomic E-state index is 0.0412. The van der Waals surface area contributed by atoms with Crippen LogP contribution >= 0.6 is 0 Å². The Labute approximate surface area is 225 Å². The summed E-state index contributed by atoms with van der Waals surface area (Å²) in [4.78, 5) is 34.4. The summed E-state index contributed by atoms with van der Waals surface area (Å²) in [6.07, 6.45) is -5.11. The van der Waals surface area contributed by atoms with Crippen molar-refractivity contribution in [2.75, 3.05) is 32.7 Å². The first kappa shape index (κ1) is 27.8. The van der Waals surface area contributed by atoms with E-state index in [1.54, 1.807) is 9.80 Å². The first-order valence-corrected chi connectivity index (χ1v) is 12.7. The molecule has 3 amide bonds. The molecule has 3 aliphatic heterocycles. The fourth-order valence-corrected chi connectivity index (χ4v) is 5.40. The Bertz CT molecular complexity index is 1260. The van der Waals surface area contributed by atoms with Gasteiger partial charge in [0.2, 0.25) is 5.91 Å². The summed E-state index contributed by atoms with van der Waals surface area (Å²) in [5.74, 6) is -1.27. The minimum atomic E-state index is -4.78. The van der Waals surface area contributed by atoms with E-state index in [9.17, 15) is 35.9 Å². The topological polar surface area (TPSA) is 83.8 Å². The van der Waals surface area contributed by atoms with E-state index in [4.69, 9.17) is 0 Å². The molecular formula is C25H26F6N6O3. The summed E-state index contributed by atoms with van der Waals surface area (Å²) in [6.45, 7) is 2.34. The molecule has 5 rings (SSSR count). The third kappa shape index (κ3) is 6.33. The lowest BCUT2D eigenvalue weighted by atomic mass is 9.92. The number of nitrogens with zero attached hydrogens (tertiary/aromatic N) is 6. The molecule has 0 aliphatic carbocycles. The van der Waals surface area contributed by atoms with Crippen LogP contribution in [0.4, 0.5) is 31.1 Å². The number of rotatable bonds is 3. The van der Waals surface area contributed by atoms with Gasteiger partial charge in [0.1, 0.15) is 11.6 Å². The van der Waals surface area contributed by atoms with Crippen LogP contribution < -0.4 is 4.74 Å². The van der Waals surface area contributed by atoms with E-state index < -0.39 is 18.4 Å². The van der Waals surface area contributed by atoms with Crippen molar-refractivity contribution >= 4 is 18.0 Å². The molecule has 0 radical (unpaired) electrons. The number of amides is 3. The SMILES string of the molecule is O=C(C=Cc1ccc(OC(F)(F)F)cc1)N1CCC2CN(C(=O)N3CCn4nc(C(F)(F)F)nc4C3)CC2CC1. The third-order valence-electron chi connectivity index (χ3n) is 7.42. The van der Waals surface area contributed by atoms with Gasteiger partial charge in [-0.05, 0) is 48.4 Å². The number of likely N-dealkylation sites (tertiary alicyclic amines) is 2. The Balaban J connectivity index is 1.12. The molecule has 9 nitrogen and oxygen atoms in total. The maximum atomic E-state index is 13.2. The Morgan fingerprint density at radius 1 is 0.875 bits per heavy atom. The molecule has 0 bridgehead atoms. The Morgan fingerprint density at radius 2 is 1.52 bits per heavy atom. The molecule has 1 aromatic heterocycles. The van der Waals surface area contributed by atoms with Crippen LogP contribution in [-0.4, -0.2) is 80.5 Å². The van der Waals surface area contributed by atoms with E-state index in [2.05, 4.69) is 14.8 Å². The number of hydrogen-bond acceptors (Lipinski definition) is 5. The predicted octanol–water partition coefficient (Wildman–Crippen LogP) is 4.01. The maximum absolute atomic E-state index is 13.2. The van der Waals surface area contributed by atoms with E-state index in [1.807, 2.05) is 0 Å². The van der Waals surface area contributed by atoms with Gasteiger partial charge >= 0.3 is 18.6 Å². The number of benzene rings is 1. The number of alkyl halides is 6. The van der Waals surface area contributed by atoms with Crippen LogP contribution in [0, 0.1) is 11.8 Å². The predicted molar refractivity (Wildman–Crippen MR) is 127 cm³/mol. The first-order chi connectivity index (χ1) is 18.9. The lowest BCUT2D eigenvalue weighted by molar-refractivity contribution is -0.274. The molecular weight excluding hydrogens is 546 g/mol. The maximum Gasteiger partial charge on any atom is 0.573 e. The summed E-state index contributed by atoms with van der Waals surface area (Å²) in [6, 6.07) is 4.95. The van der Waals surface area contributed by atoms with Gasteiger partial charge in [-0.1, -0.05) is 12.1 Å². The van der Waals surface area contributed by atoms with Crippen molar-refractivity contribution in [3.05, 3.63) is 47.6 Å². The van der Waals surface area contributed by atoms with Crippen LogP contribution in [-0.2, 0) is 24.1 Å². The number of carbonyl (C=O) groups is 2. The van der Waals surface area contributed by atoms with Crippen LogP contribution in [0.5, 0.6) is 5.75 Å². The molecule has 3 aliphatic rings. The molecule has 2 saturated heterocycles. The summed E-state index contributed by atoms with van der Waals surface area (Å²) in [5, 5.41) is 3.50. The zero-order valence-corrected chi connectivity index (χ0v) is 21.2. The first-order valence-electron chi connectivity index (χ1n) is 12.7. The molecule has 40 heavy (non-hydrogen) atoms. The average molecular weight is 573 g/mol. The van der Waals surface area contributed by atoms with Gasteiger partial charge in [0.05, 0.1) is 13.1 Å². The summed E-state index contributed by atoms with van der Waals surface area (Å²) < 4.78 is 80.8. The van der Waals surface area contributed by atoms with Gasteiger partial charge in [0, 0.05) is 38.8 Å². The Kier molecular flexibility index (Phi) is 7.40. The van der Waals surface area contributed by atoms with Gasteiger partial charge in [-0.15, -0.1) is 18.3 Å². The van der Waals surface area contributed by atoms with Crippen molar-refractivity contribution in [2.24, 2.45) is 11.8 Å². The van der Waals surface area contributed by atoms with Gasteiger partial charge in [0.25, 0.3) is 5.82 Å². The van der Waals surface area contributed by atoms with Crippen molar-refractivity contribution in [3.8, 4) is 5.75 Å². The van der Waals surface area contributed by atoms with Gasteiger partial charge in [-0.3, -0.25) is 4.79 Å². The van der Waals surface area contributed by atoms with Crippen molar-refractivity contribution in [1.29, 1.82) is 0 Å². The fourth-order valence-electron chi connectivity index (χ4n) is 5.40. The highest BCUT2D eigenvalue weighted by Gasteiger charge is 2.41. The zero-order chi connectivity index (χ0) is 28.7. The smallest absolute Gasteiger partial charge is 0.406 e. The molecule has 4 heterocycles. The molecule has 2 fully saturated rings. The lowest BCUT2D eigenvalue weighted by Crippen LogP contribution is -2.46. The number of urea groups is 1. The highest BCUT2D eigenvalue weighted by molar-refractivity contribution is 5.91. The molecule has 216 valence electrons. The molecule has 2 aromatic rings. The van der Waals surface area contributed by atoms with Crippen LogP contribution in [0.2, 0.25) is 0 Å². The van der Waals surface area contributed by atoms with Gasteiger partial charge in [0.15, 0.2) is 0 Å². The number of ether oxygens (including phenoxy) is 1.